The Morgan fingerprint density at radius 1 is 1.19 bits per heavy atom. The molecule has 1 saturated heterocycles. The maximum atomic E-state index is 13.3. The zero-order valence-corrected chi connectivity index (χ0v) is 17.9. The predicted molar refractivity (Wildman–Crippen MR) is 115 cm³/mol. The van der Waals surface area contributed by atoms with Gasteiger partial charge >= 0.3 is 0 Å². The second kappa shape index (κ2) is 9.03. The third-order valence-electron chi connectivity index (χ3n) is 6.56. The fraction of sp³-hybridized carbons (Fsp3) is 0.591. The number of carbonyl (C=O) groups excluding carboxylic acids is 1. The first-order chi connectivity index (χ1) is 15.0. The lowest BCUT2D eigenvalue weighted by molar-refractivity contribution is -0.384. The summed E-state index contributed by atoms with van der Waals surface area (Å²) in [6.45, 7) is 2.98. The number of aromatic nitrogens is 2. The molecule has 1 aliphatic carbocycles. The van der Waals surface area contributed by atoms with Gasteiger partial charge in [0.05, 0.1) is 4.92 Å². The van der Waals surface area contributed by atoms with E-state index >= 15 is 0 Å². The van der Waals surface area contributed by atoms with Gasteiger partial charge in [-0.15, -0.1) is 0 Å². The number of nitro groups is 1. The maximum absolute atomic E-state index is 13.3. The van der Waals surface area contributed by atoms with E-state index in [0.717, 1.165) is 38.5 Å². The summed E-state index contributed by atoms with van der Waals surface area (Å²) >= 11 is 0. The molecule has 1 aromatic carbocycles. The highest BCUT2D eigenvalue weighted by molar-refractivity contribution is 5.80. The van der Waals surface area contributed by atoms with Crippen molar-refractivity contribution in [3.8, 4) is 0 Å². The number of nitrogens with one attached hydrogen (secondary N) is 1. The van der Waals surface area contributed by atoms with Crippen molar-refractivity contribution in [1.29, 1.82) is 0 Å². The van der Waals surface area contributed by atoms with E-state index in [1.165, 1.54) is 6.07 Å². The molecule has 31 heavy (non-hydrogen) atoms. The number of anilines is 1. The van der Waals surface area contributed by atoms with Gasteiger partial charge in [0.1, 0.15) is 11.2 Å². The topological polar surface area (TPSA) is 114 Å². The van der Waals surface area contributed by atoms with Crippen LogP contribution < -0.4 is 10.2 Å². The van der Waals surface area contributed by atoms with Gasteiger partial charge in [0, 0.05) is 32.0 Å². The van der Waals surface area contributed by atoms with E-state index < -0.39 is 5.54 Å². The van der Waals surface area contributed by atoms with E-state index in [-0.39, 0.29) is 22.4 Å². The zero-order chi connectivity index (χ0) is 21.8. The molecule has 0 radical (unpaired) electrons. The monoisotopic (exact) mass is 427 g/mol. The van der Waals surface area contributed by atoms with Crippen molar-refractivity contribution in [2.24, 2.45) is 5.92 Å². The van der Waals surface area contributed by atoms with Crippen molar-refractivity contribution in [3.63, 3.8) is 0 Å². The summed E-state index contributed by atoms with van der Waals surface area (Å²) in [4.78, 5) is 30.7. The molecule has 0 bridgehead atoms. The second-order valence-electron chi connectivity index (χ2n) is 8.63. The number of hydrogen-bond donors (Lipinski definition) is 1. The molecular formula is C22H29N5O4. The number of para-hydroxylation sites is 2. The lowest BCUT2D eigenvalue weighted by atomic mass is 9.87. The highest BCUT2D eigenvalue weighted by Gasteiger charge is 2.40. The van der Waals surface area contributed by atoms with E-state index in [2.05, 4.69) is 15.5 Å². The van der Waals surface area contributed by atoms with Crippen LogP contribution in [0.2, 0.25) is 0 Å². The minimum Gasteiger partial charge on any atom is -0.366 e. The van der Waals surface area contributed by atoms with Crippen LogP contribution in [0.15, 0.2) is 28.8 Å². The van der Waals surface area contributed by atoms with E-state index in [4.69, 9.17) is 4.52 Å². The standard InChI is InChI=1S/C22H29N5O4/c1-16-23-21(25-31-16)22(12-6-2-3-7-13-22)24-20(28)17-10-14-26(15-11-17)18-8-4-5-9-19(18)27(29)30/h4-5,8-9,17H,2-3,6-7,10-15H2,1H3,(H,24,28). The quantitative estimate of drug-likeness (QED) is 0.437. The lowest BCUT2D eigenvalue weighted by Gasteiger charge is -2.36. The smallest absolute Gasteiger partial charge is 0.292 e. The number of hydrogen-bond acceptors (Lipinski definition) is 7. The van der Waals surface area contributed by atoms with Crippen LogP contribution in [0.5, 0.6) is 0 Å². The molecular weight excluding hydrogens is 398 g/mol. The average Bonchev–Trinajstić information content (AvgIpc) is 3.09. The minimum atomic E-state index is -0.569. The third kappa shape index (κ3) is 4.55. The van der Waals surface area contributed by atoms with E-state index in [0.29, 0.717) is 43.3 Å². The fourth-order valence-corrected chi connectivity index (χ4v) is 4.84. The lowest BCUT2D eigenvalue weighted by Crippen LogP contribution is -2.50. The maximum Gasteiger partial charge on any atom is 0.292 e. The van der Waals surface area contributed by atoms with Gasteiger partial charge in [-0.25, -0.2) is 0 Å². The Kier molecular flexibility index (Phi) is 6.20. The molecule has 1 aromatic heterocycles. The summed E-state index contributed by atoms with van der Waals surface area (Å²) in [5, 5.41) is 18.8. The van der Waals surface area contributed by atoms with Gasteiger partial charge in [0.15, 0.2) is 5.82 Å². The molecule has 1 aliphatic heterocycles. The number of nitro benzene ring substituents is 1. The number of benzene rings is 1. The summed E-state index contributed by atoms with van der Waals surface area (Å²) in [5.74, 6) is 0.974. The van der Waals surface area contributed by atoms with E-state index in [1.807, 2.05) is 11.0 Å². The highest BCUT2D eigenvalue weighted by atomic mass is 16.6. The molecule has 2 aliphatic rings. The van der Waals surface area contributed by atoms with E-state index in [9.17, 15) is 14.9 Å². The number of aryl methyl sites for hydroxylation is 1. The molecule has 2 aromatic rings. The molecule has 1 amide bonds. The number of carbonyl (C=O) groups is 1. The normalized spacial score (nSPS) is 19.6. The first-order valence-corrected chi connectivity index (χ1v) is 11.1. The number of rotatable bonds is 5. The summed E-state index contributed by atoms with van der Waals surface area (Å²) in [7, 11) is 0. The van der Waals surface area contributed by atoms with Crippen LogP contribution >= 0.6 is 0 Å². The van der Waals surface area contributed by atoms with Crippen molar-refractivity contribution < 1.29 is 14.2 Å². The number of amides is 1. The third-order valence-corrected chi connectivity index (χ3v) is 6.56. The van der Waals surface area contributed by atoms with Crippen molar-refractivity contribution in [3.05, 3.63) is 46.1 Å². The van der Waals surface area contributed by atoms with Gasteiger partial charge in [-0.3, -0.25) is 14.9 Å². The molecule has 2 heterocycles. The molecule has 166 valence electrons. The zero-order valence-electron chi connectivity index (χ0n) is 17.9. The number of piperidine rings is 1. The van der Waals surface area contributed by atoms with Crippen LogP contribution in [0.1, 0.15) is 63.1 Å². The Morgan fingerprint density at radius 3 is 2.48 bits per heavy atom. The van der Waals surface area contributed by atoms with Gasteiger partial charge in [-0.2, -0.15) is 4.98 Å². The molecule has 0 atom stereocenters. The van der Waals surface area contributed by atoms with Crippen molar-refractivity contribution in [2.75, 3.05) is 18.0 Å². The Balaban J connectivity index is 1.45. The molecule has 1 saturated carbocycles. The molecule has 4 rings (SSSR count). The summed E-state index contributed by atoms with van der Waals surface area (Å²) in [5.41, 5.74) is 0.157. The van der Waals surface area contributed by atoms with Gasteiger partial charge in [-0.1, -0.05) is 43.0 Å². The summed E-state index contributed by atoms with van der Waals surface area (Å²) in [6, 6.07) is 6.78. The van der Waals surface area contributed by atoms with Gasteiger partial charge < -0.3 is 14.7 Å². The van der Waals surface area contributed by atoms with Crippen LogP contribution in [-0.4, -0.2) is 34.1 Å². The predicted octanol–water partition coefficient (Wildman–Crippen LogP) is 3.87. The number of nitrogens with zero attached hydrogens (tertiary/aromatic N) is 4. The Bertz CT molecular complexity index is 927. The molecule has 0 unspecified atom stereocenters. The van der Waals surface area contributed by atoms with Gasteiger partial charge in [0.25, 0.3) is 5.69 Å². The van der Waals surface area contributed by atoms with Gasteiger partial charge in [0.2, 0.25) is 11.8 Å². The second-order valence-corrected chi connectivity index (χ2v) is 8.63. The summed E-state index contributed by atoms with van der Waals surface area (Å²) < 4.78 is 5.23. The van der Waals surface area contributed by atoms with Crippen LogP contribution in [0.25, 0.3) is 0 Å². The van der Waals surface area contributed by atoms with Gasteiger partial charge in [-0.05, 0) is 31.7 Å². The Hall–Kier alpha value is -2.97. The molecule has 1 N–H and O–H groups in total. The van der Waals surface area contributed by atoms with Crippen molar-refractivity contribution in [2.45, 2.75) is 63.8 Å². The van der Waals surface area contributed by atoms with Crippen molar-refractivity contribution in [1.82, 2.24) is 15.5 Å². The van der Waals surface area contributed by atoms with Crippen LogP contribution in [0.3, 0.4) is 0 Å². The van der Waals surface area contributed by atoms with E-state index in [1.54, 1.807) is 19.1 Å². The van der Waals surface area contributed by atoms with Crippen molar-refractivity contribution >= 4 is 17.3 Å². The Morgan fingerprint density at radius 2 is 1.87 bits per heavy atom. The Labute approximate surface area is 181 Å². The fourth-order valence-electron chi connectivity index (χ4n) is 4.84. The largest absolute Gasteiger partial charge is 0.366 e. The summed E-state index contributed by atoms with van der Waals surface area (Å²) in [6.07, 6.45) is 7.25. The van der Waals surface area contributed by atoms with Crippen LogP contribution in [0, 0.1) is 23.0 Å². The highest BCUT2D eigenvalue weighted by Crippen LogP contribution is 2.36. The first-order valence-electron chi connectivity index (χ1n) is 11.1. The first kappa shape index (κ1) is 21.3. The molecule has 9 nitrogen and oxygen atoms in total. The molecule has 9 heteroatoms. The van der Waals surface area contributed by atoms with Crippen LogP contribution in [0.4, 0.5) is 11.4 Å². The molecule has 0 spiro atoms. The minimum absolute atomic E-state index is 0.0200. The molecule has 2 fully saturated rings. The SMILES string of the molecule is Cc1nc(C2(NC(=O)C3CCN(c4ccccc4[N+](=O)[O-])CC3)CCCCCC2)no1. The van der Waals surface area contributed by atoms with Crippen LogP contribution in [-0.2, 0) is 10.3 Å². The average molecular weight is 428 g/mol.